The summed E-state index contributed by atoms with van der Waals surface area (Å²) < 4.78 is 0. The number of nitrogens with one attached hydrogen (secondary N) is 1. The highest BCUT2D eigenvalue weighted by Crippen LogP contribution is 2.22. The van der Waals surface area contributed by atoms with Gasteiger partial charge in [-0.2, -0.15) is 0 Å². The average molecular weight is 309 g/mol. The number of anilines is 1. The minimum atomic E-state index is -0.376. The molecular weight excluding hydrogens is 299 g/mol. The van der Waals surface area contributed by atoms with Gasteiger partial charge >= 0.3 is 0 Å². The molecule has 20 heavy (non-hydrogen) atoms. The summed E-state index contributed by atoms with van der Waals surface area (Å²) >= 11 is 11.5. The Morgan fingerprint density at radius 1 is 1.15 bits per heavy atom. The molecule has 0 spiro atoms. The summed E-state index contributed by atoms with van der Waals surface area (Å²) in [7, 11) is 0. The molecule has 0 saturated carbocycles. The van der Waals surface area contributed by atoms with Gasteiger partial charge in [0.05, 0.1) is 11.3 Å². The number of nitrogens with zero attached hydrogens (tertiary/aromatic N) is 1. The highest BCUT2D eigenvalue weighted by atomic mass is 35.5. The zero-order valence-corrected chi connectivity index (χ0v) is 12.0. The minimum Gasteiger partial charge on any atom is -0.321 e. The second-order valence-electron chi connectivity index (χ2n) is 4.07. The van der Waals surface area contributed by atoms with E-state index in [1.165, 1.54) is 25.3 Å². The number of benzene rings is 1. The van der Waals surface area contributed by atoms with Gasteiger partial charge in [0.15, 0.2) is 5.78 Å². The van der Waals surface area contributed by atoms with Crippen LogP contribution in [0.25, 0.3) is 0 Å². The van der Waals surface area contributed by atoms with Crippen molar-refractivity contribution in [1.29, 1.82) is 0 Å². The third-order valence-corrected chi connectivity index (χ3v) is 3.06. The molecule has 0 aliphatic rings. The van der Waals surface area contributed by atoms with E-state index >= 15 is 0 Å². The van der Waals surface area contributed by atoms with Gasteiger partial charge < -0.3 is 5.32 Å². The van der Waals surface area contributed by atoms with E-state index in [1.807, 2.05) is 0 Å². The first kappa shape index (κ1) is 14.5. The molecule has 1 heterocycles. The van der Waals surface area contributed by atoms with E-state index in [2.05, 4.69) is 10.3 Å². The third kappa shape index (κ3) is 3.35. The topological polar surface area (TPSA) is 59.1 Å². The fraction of sp³-hybridized carbons (Fsp3) is 0.0714. The molecule has 1 aromatic heterocycles. The molecule has 0 aliphatic carbocycles. The number of ketones is 1. The van der Waals surface area contributed by atoms with Gasteiger partial charge in [-0.15, -0.1) is 0 Å². The van der Waals surface area contributed by atoms with Gasteiger partial charge in [0.1, 0.15) is 5.15 Å². The van der Waals surface area contributed by atoms with Crippen LogP contribution in [0, 0.1) is 0 Å². The van der Waals surface area contributed by atoms with E-state index in [0.717, 1.165) is 0 Å². The van der Waals surface area contributed by atoms with Crippen LogP contribution in [-0.2, 0) is 0 Å². The molecule has 6 heteroatoms. The SMILES string of the molecule is CC(=O)c1cc(Cl)ccc1NC(=O)c1ccc(Cl)nc1. The molecule has 1 amide bonds. The Morgan fingerprint density at radius 2 is 1.90 bits per heavy atom. The first-order chi connectivity index (χ1) is 9.47. The predicted molar refractivity (Wildman–Crippen MR) is 78.7 cm³/mol. The first-order valence-corrected chi connectivity index (χ1v) is 6.46. The number of rotatable bonds is 3. The third-order valence-electron chi connectivity index (χ3n) is 2.60. The van der Waals surface area contributed by atoms with Crippen molar-refractivity contribution >= 4 is 40.6 Å². The molecule has 0 fully saturated rings. The molecule has 4 nitrogen and oxygen atoms in total. The van der Waals surface area contributed by atoms with Crippen LogP contribution < -0.4 is 5.32 Å². The van der Waals surface area contributed by atoms with Crippen molar-refractivity contribution in [2.24, 2.45) is 0 Å². The zero-order chi connectivity index (χ0) is 14.7. The number of halogens is 2. The minimum absolute atomic E-state index is 0.183. The van der Waals surface area contributed by atoms with E-state index in [9.17, 15) is 9.59 Å². The molecular formula is C14H10Cl2N2O2. The van der Waals surface area contributed by atoms with Gasteiger partial charge in [-0.1, -0.05) is 23.2 Å². The van der Waals surface area contributed by atoms with Crippen molar-refractivity contribution in [3.8, 4) is 0 Å². The van der Waals surface area contributed by atoms with Crippen LogP contribution in [0.15, 0.2) is 36.5 Å². The van der Waals surface area contributed by atoms with Gasteiger partial charge in [-0.3, -0.25) is 9.59 Å². The quantitative estimate of drug-likeness (QED) is 0.692. The van der Waals surface area contributed by atoms with Crippen LogP contribution in [0.5, 0.6) is 0 Å². The number of Topliss-reactive ketones (excluding diaryl/α,β-unsaturated/α-hetero) is 1. The van der Waals surface area contributed by atoms with E-state index < -0.39 is 0 Å². The lowest BCUT2D eigenvalue weighted by molar-refractivity contribution is 0.101. The Balaban J connectivity index is 2.28. The van der Waals surface area contributed by atoms with E-state index in [0.29, 0.717) is 27.0 Å². The second kappa shape index (κ2) is 6.03. The van der Waals surface area contributed by atoms with Crippen molar-refractivity contribution in [3.63, 3.8) is 0 Å². The van der Waals surface area contributed by atoms with Crippen molar-refractivity contribution in [1.82, 2.24) is 4.98 Å². The van der Waals surface area contributed by atoms with Crippen molar-refractivity contribution in [2.45, 2.75) is 6.92 Å². The number of carbonyl (C=O) groups is 2. The molecule has 0 unspecified atom stereocenters. The summed E-state index contributed by atoms with van der Waals surface area (Å²) in [4.78, 5) is 27.4. The largest absolute Gasteiger partial charge is 0.321 e. The van der Waals surface area contributed by atoms with Crippen LogP contribution in [0.1, 0.15) is 27.6 Å². The summed E-state index contributed by atoms with van der Waals surface area (Å²) in [5.74, 6) is -0.559. The summed E-state index contributed by atoms with van der Waals surface area (Å²) in [6.07, 6.45) is 1.36. The van der Waals surface area contributed by atoms with Crippen LogP contribution in [0.4, 0.5) is 5.69 Å². The number of hydrogen-bond donors (Lipinski definition) is 1. The zero-order valence-electron chi connectivity index (χ0n) is 10.5. The lowest BCUT2D eigenvalue weighted by Crippen LogP contribution is -2.14. The smallest absolute Gasteiger partial charge is 0.257 e. The Labute approximate surface area is 125 Å². The maximum absolute atomic E-state index is 12.0. The molecule has 1 N–H and O–H groups in total. The standard InChI is InChI=1S/C14H10Cl2N2O2/c1-8(19)11-6-10(15)3-4-12(11)18-14(20)9-2-5-13(16)17-7-9/h2-7H,1H3,(H,18,20). The lowest BCUT2D eigenvalue weighted by Gasteiger charge is -2.09. The van der Waals surface area contributed by atoms with Crippen molar-refractivity contribution in [2.75, 3.05) is 5.32 Å². The number of hydrogen-bond acceptors (Lipinski definition) is 3. The number of amides is 1. The molecule has 2 rings (SSSR count). The predicted octanol–water partition coefficient (Wildman–Crippen LogP) is 3.84. The van der Waals surface area contributed by atoms with Crippen LogP contribution >= 0.6 is 23.2 Å². The Bertz CT molecular complexity index is 669. The highest BCUT2D eigenvalue weighted by molar-refractivity contribution is 6.31. The van der Waals surface area contributed by atoms with Gasteiger partial charge in [-0.25, -0.2) is 4.98 Å². The second-order valence-corrected chi connectivity index (χ2v) is 4.89. The molecule has 1 aromatic carbocycles. The number of pyridine rings is 1. The monoisotopic (exact) mass is 308 g/mol. The number of carbonyl (C=O) groups excluding carboxylic acids is 2. The molecule has 0 aliphatic heterocycles. The van der Waals surface area contributed by atoms with Gasteiger partial charge in [0.25, 0.3) is 5.91 Å². The maximum Gasteiger partial charge on any atom is 0.257 e. The van der Waals surface area contributed by atoms with Crippen LogP contribution in [-0.4, -0.2) is 16.7 Å². The van der Waals surface area contributed by atoms with Crippen molar-refractivity contribution in [3.05, 3.63) is 57.8 Å². The molecule has 0 radical (unpaired) electrons. The van der Waals surface area contributed by atoms with Gasteiger partial charge in [0.2, 0.25) is 0 Å². The van der Waals surface area contributed by atoms with Crippen LogP contribution in [0.2, 0.25) is 10.2 Å². The summed E-state index contributed by atoms with van der Waals surface area (Å²) in [5.41, 5.74) is 1.11. The summed E-state index contributed by atoms with van der Waals surface area (Å²) in [5, 5.41) is 3.39. The van der Waals surface area contributed by atoms with Gasteiger partial charge in [0, 0.05) is 16.8 Å². The normalized spacial score (nSPS) is 10.2. The Kier molecular flexibility index (Phi) is 4.37. The lowest BCUT2D eigenvalue weighted by atomic mass is 10.1. The number of aromatic nitrogens is 1. The first-order valence-electron chi connectivity index (χ1n) is 5.71. The highest BCUT2D eigenvalue weighted by Gasteiger charge is 2.12. The van der Waals surface area contributed by atoms with E-state index in [4.69, 9.17) is 23.2 Å². The fourth-order valence-electron chi connectivity index (χ4n) is 1.62. The van der Waals surface area contributed by atoms with Crippen molar-refractivity contribution < 1.29 is 9.59 Å². The molecule has 102 valence electrons. The summed E-state index contributed by atoms with van der Waals surface area (Å²) in [6, 6.07) is 7.77. The Hall–Kier alpha value is -1.91. The van der Waals surface area contributed by atoms with E-state index in [1.54, 1.807) is 18.2 Å². The summed E-state index contributed by atoms with van der Waals surface area (Å²) in [6.45, 7) is 1.41. The Morgan fingerprint density at radius 3 is 2.50 bits per heavy atom. The fourth-order valence-corrected chi connectivity index (χ4v) is 1.91. The molecule has 2 aromatic rings. The maximum atomic E-state index is 12.0. The molecule has 0 bridgehead atoms. The van der Waals surface area contributed by atoms with Gasteiger partial charge in [-0.05, 0) is 37.3 Å². The van der Waals surface area contributed by atoms with E-state index in [-0.39, 0.29) is 11.7 Å². The average Bonchev–Trinajstić information content (AvgIpc) is 2.41. The van der Waals surface area contributed by atoms with Crippen LogP contribution in [0.3, 0.4) is 0 Å². The molecule has 0 saturated heterocycles. The molecule has 0 atom stereocenters.